The Morgan fingerprint density at radius 1 is 1.21 bits per heavy atom. The molecule has 1 aliphatic rings. The van der Waals surface area contributed by atoms with Crippen LogP contribution in [0.3, 0.4) is 0 Å². The van der Waals surface area contributed by atoms with Crippen LogP contribution in [-0.4, -0.2) is 0 Å². The highest BCUT2D eigenvalue weighted by Crippen LogP contribution is 2.33. The molecule has 1 aromatic carbocycles. The largest absolute Gasteiger partial charge is 0.306 e. The summed E-state index contributed by atoms with van der Waals surface area (Å²) in [4.78, 5) is 1.45. The van der Waals surface area contributed by atoms with Crippen LogP contribution >= 0.6 is 11.3 Å². The van der Waals surface area contributed by atoms with Crippen molar-refractivity contribution >= 4 is 11.3 Å². The van der Waals surface area contributed by atoms with Gasteiger partial charge in [-0.3, -0.25) is 0 Å². The number of nitrogens with one attached hydrogen (secondary N) is 1. The second-order valence-corrected chi connectivity index (χ2v) is 5.87. The lowest BCUT2D eigenvalue weighted by Gasteiger charge is -2.23. The van der Waals surface area contributed by atoms with Gasteiger partial charge in [-0.15, -0.1) is 11.3 Å². The molecule has 1 N–H and O–H groups in total. The van der Waals surface area contributed by atoms with Gasteiger partial charge in [0.15, 0.2) is 11.6 Å². The van der Waals surface area contributed by atoms with E-state index in [-0.39, 0.29) is 0 Å². The predicted molar refractivity (Wildman–Crippen MR) is 73.2 cm³/mol. The molecule has 1 nitrogen and oxygen atoms in total. The molecule has 0 radical (unpaired) electrons. The monoisotopic (exact) mass is 279 g/mol. The Labute approximate surface area is 115 Å². The fourth-order valence-corrected chi connectivity index (χ4v) is 3.58. The van der Waals surface area contributed by atoms with Gasteiger partial charge in [0.2, 0.25) is 0 Å². The maximum Gasteiger partial charge on any atom is 0.159 e. The van der Waals surface area contributed by atoms with Crippen molar-refractivity contribution in [2.24, 2.45) is 0 Å². The highest BCUT2D eigenvalue weighted by atomic mass is 32.1. The van der Waals surface area contributed by atoms with E-state index in [4.69, 9.17) is 0 Å². The molecule has 0 saturated carbocycles. The van der Waals surface area contributed by atoms with Gasteiger partial charge in [0.25, 0.3) is 0 Å². The van der Waals surface area contributed by atoms with Crippen LogP contribution in [0, 0.1) is 11.6 Å². The lowest BCUT2D eigenvalue weighted by molar-refractivity contribution is 0.460. The normalized spacial score (nSPS) is 18.3. The van der Waals surface area contributed by atoms with E-state index in [9.17, 15) is 8.78 Å². The summed E-state index contributed by atoms with van der Waals surface area (Å²) in [6.07, 6.45) is 3.45. The lowest BCUT2D eigenvalue weighted by atomic mass is 9.94. The molecule has 0 bridgehead atoms. The molecule has 1 aliphatic carbocycles. The van der Waals surface area contributed by atoms with Crippen molar-refractivity contribution in [3.8, 4) is 0 Å². The van der Waals surface area contributed by atoms with Crippen LogP contribution < -0.4 is 5.32 Å². The topological polar surface area (TPSA) is 12.0 Å². The summed E-state index contributed by atoms with van der Waals surface area (Å²) in [6.45, 7) is 0.567. The predicted octanol–water partition coefficient (Wildman–Crippen LogP) is 4.19. The van der Waals surface area contributed by atoms with Crippen molar-refractivity contribution < 1.29 is 8.78 Å². The zero-order valence-corrected chi connectivity index (χ0v) is 11.3. The minimum atomic E-state index is -0.790. The van der Waals surface area contributed by atoms with Gasteiger partial charge in [0, 0.05) is 17.5 Å². The third kappa shape index (κ3) is 2.69. The highest BCUT2D eigenvalue weighted by Gasteiger charge is 2.20. The lowest BCUT2D eigenvalue weighted by Crippen LogP contribution is -2.23. The van der Waals surface area contributed by atoms with E-state index in [2.05, 4.69) is 16.8 Å². The Balaban J connectivity index is 1.69. The average molecular weight is 279 g/mol. The first kappa shape index (κ1) is 12.8. The molecular formula is C15H15F2NS. The molecule has 4 heteroatoms. The number of thiophene rings is 1. The Hall–Kier alpha value is -1.26. The van der Waals surface area contributed by atoms with E-state index in [1.54, 1.807) is 17.4 Å². The molecule has 1 unspecified atom stereocenters. The van der Waals surface area contributed by atoms with E-state index in [1.165, 1.54) is 29.0 Å². The Morgan fingerprint density at radius 2 is 2.11 bits per heavy atom. The molecule has 19 heavy (non-hydrogen) atoms. The first-order chi connectivity index (χ1) is 9.24. The van der Waals surface area contributed by atoms with Crippen LogP contribution in [0.4, 0.5) is 8.78 Å². The summed E-state index contributed by atoms with van der Waals surface area (Å²) < 4.78 is 26.0. The van der Waals surface area contributed by atoms with Gasteiger partial charge >= 0.3 is 0 Å². The molecule has 1 aromatic heterocycles. The summed E-state index contributed by atoms with van der Waals surface area (Å²) in [5.74, 6) is -1.57. The average Bonchev–Trinajstić information content (AvgIpc) is 2.89. The number of hydrogen-bond acceptors (Lipinski definition) is 2. The molecule has 0 saturated heterocycles. The van der Waals surface area contributed by atoms with Gasteiger partial charge in [-0.2, -0.15) is 0 Å². The molecule has 0 spiro atoms. The molecule has 3 rings (SSSR count). The van der Waals surface area contributed by atoms with Crippen LogP contribution in [0.15, 0.2) is 29.6 Å². The van der Waals surface area contributed by atoms with Gasteiger partial charge in [-0.1, -0.05) is 6.07 Å². The van der Waals surface area contributed by atoms with E-state index >= 15 is 0 Å². The SMILES string of the molecule is Fc1ccc(CNC2CCCc3sccc32)cc1F. The zero-order valence-electron chi connectivity index (χ0n) is 10.5. The standard InChI is InChI=1S/C15H15F2NS/c16-12-5-4-10(8-13(12)17)9-18-14-2-1-3-15-11(14)6-7-19-15/h4-8,14,18H,1-3,9H2. The van der Waals surface area contributed by atoms with Crippen LogP contribution in [0.1, 0.15) is 34.9 Å². The Kier molecular flexibility index (Phi) is 3.62. The Bertz CT molecular complexity index is 579. The van der Waals surface area contributed by atoms with Gasteiger partial charge in [0.05, 0.1) is 0 Å². The number of halogens is 2. The molecule has 2 aromatic rings. The van der Waals surface area contributed by atoms with Crippen LogP contribution in [0.25, 0.3) is 0 Å². The summed E-state index contributed by atoms with van der Waals surface area (Å²) in [5.41, 5.74) is 2.15. The smallest absolute Gasteiger partial charge is 0.159 e. The molecule has 0 fully saturated rings. The molecule has 0 amide bonds. The molecule has 1 heterocycles. The number of rotatable bonds is 3. The van der Waals surface area contributed by atoms with Crippen molar-refractivity contribution in [3.63, 3.8) is 0 Å². The van der Waals surface area contributed by atoms with E-state index in [1.807, 2.05) is 0 Å². The second kappa shape index (κ2) is 5.39. The summed E-state index contributed by atoms with van der Waals surface area (Å²) in [7, 11) is 0. The van der Waals surface area contributed by atoms with Gasteiger partial charge in [-0.05, 0) is 54.0 Å². The first-order valence-electron chi connectivity index (χ1n) is 6.47. The highest BCUT2D eigenvalue weighted by molar-refractivity contribution is 7.10. The maximum absolute atomic E-state index is 13.1. The van der Waals surface area contributed by atoms with E-state index < -0.39 is 11.6 Å². The number of fused-ring (bicyclic) bond motifs is 1. The van der Waals surface area contributed by atoms with Crippen molar-refractivity contribution in [3.05, 3.63) is 57.3 Å². The number of hydrogen-bond donors (Lipinski definition) is 1. The van der Waals surface area contributed by atoms with Crippen molar-refractivity contribution in [1.82, 2.24) is 5.32 Å². The van der Waals surface area contributed by atoms with Crippen molar-refractivity contribution in [2.45, 2.75) is 31.8 Å². The van der Waals surface area contributed by atoms with Gasteiger partial charge < -0.3 is 5.32 Å². The van der Waals surface area contributed by atoms with Crippen molar-refractivity contribution in [2.75, 3.05) is 0 Å². The quantitative estimate of drug-likeness (QED) is 0.888. The first-order valence-corrected chi connectivity index (χ1v) is 7.35. The van der Waals surface area contributed by atoms with Crippen molar-refractivity contribution in [1.29, 1.82) is 0 Å². The minimum absolute atomic E-state index is 0.336. The molecule has 1 atom stereocenters. The number of benzene rings is 1. The summed E-state index contributed by atoms with van der Waals surface area (Å²) >= 11 is 1.81. The molecular weight excluding hydrogens is 264 g/mol. The van der Waals surface area contributed by atoms with Gasteiger partial charge in [0.1, 0.15) is 0 Å². The summed E-state index contributed by atoms with van der Waals surface area (Å²) in [6, 6.07) is 6.58. The molecule has 100 valence electrons. The Morgan fingerprint density at radius 3 is 2.95 bits per heavy atom. The van der Waals surface area contributed by atoms with E-state index in [0.29, 0.717) is 12.6 Å². The van der Waals surface area contributed by atoms with Crippen LogP contribution in [0.5, 0.6) is 0 Å². The third-order valence-electron chi connectivity index (χ3n) is 3.59. The second-order valence-electron chi connectivity index (χ2n) is 4.87. The number of aryl methyl sites for hydroxylation is 1. The fraction of sp³-hybridized carbons (Fsp3) is 0.333. The third-order valence-corrected chi connectivity index (χ3v) is 4.59. The van der Waals surface area contributed by atoms with Crippen LogP contribution in [-0.2, 0) is 13.0 Å². The van der Waals surface area contributed by atoms with Crippen LogP contribution in [0.2, 0.25) is 0 Å². The summed E-state index contributed by atoms with van der Waals surface area (Å²) in [5, 5.41) is 5.57. The van der Waals surface area contributed by atoms with E-state index in [0.717, 1.165) is 18.4 Å². The zero-order chi connectivity index (χ0) is 13.2. The minimum Gasteiger partial charge on any atom is -0.306 e. The maximum atomic E-state index is 13.1. The molecule has 0 aliphatic heterocycles. The fourth-order valence-electron chi connectivity index (χ4n) is 2.59. The van der Waals surface area contributed by atoms with Gasteiger partial charge in [-0.25, -0.2) is 8.78 Å².